The highest BCUT2D eigenvalue weighted by Gasteiger charge is 2.16. The fourth-order valence-electron chi connectivity index (χ4n) is 2.42. The fraction of sp³-hybridized carbons (Fsp3) is 0.167. The molecule has 3 rings (SSSR count). The number of fused-ring (bicyclic) bond motifs is 1. The summed E-state index contributed by atoms with van der Waals surface area (Å²) in [5.41, 5.74) is 2.23. The summed E-state index contributed by atoms with van der Waals surface area (Å²) >= 11 is 0. The van der Waals surface area contributed by atoms with Gasteiger partial charge in [0, 0.05) is 11.6 Å². The zero-order chi connectivity index (χ0) is 16.4. The zero-order valence-corrected chi connectivity index (χ0v) is 13.8. The number of benzene rings is 2. The molecule has 0 fully saturated rings. The smallest absolute Gasteiger partial charge is 0.261 e. The summed E-state index contributed by atoms with van der Waals surface area (Å²) in [6.07, 6.45) is 1.65. The van der Waals surface area contributed by atoms with Gasteiger partial charge in [-0.2, -0.15) is 0 Å². The van der Waals surface area contributed by atoms with Crippen LogP contribution in [0.15, 0.2) is 65.7 Å². The monoisotopic (exact) mass is 326 g/mol. The molecule has 0 radical (unpaired) electrons. The first kappa shape index (κ1) is 15.5. The highest BCUT2D eigenvalue weighted by molar-refractivity contribution is 7.92. The molecule has 3 aromatic rings. The van der Waals surface area contributed by atoms with Gasteiger partial charge < -0.3 is 0 Å². The number of hydrogen-bond acceptors (Lipinski definition) is 3. The average Bonchev–Trinajstić information content (AvgIpc) is 2.55. The Morgan fingerprint density at radius 1 is 0.957 bits per heavy atom. The number of rotatable bonds is 4. The van der Waals surface area contributed by atoms with Crippen LogP contribution in [0.25, 0.3) is 10.9 Å². The van der Waals surface area contributed by atoms with Crippen molar-refractivity contribution in [1.82, 2.24) is 4.98 Å². The van der Waals surface area contributed by atoms with Crippen LogP contribution in [0.4, 0.5) is 5.69 Å². The molecule has 0 aliphatic rings. The molecule has 4 nitrogen and oxygen atoms in total. The molecule has 23 heavy (non-hydrogen) atoms. The first-order chi connectivity index (χ1) is 11.0. The van der Waals surface area contributed by atoms with E-state index < -0.39 is 10.0 Å². The third-order valence-electron chi connectivity index (χ3n) is 3.73. The molecule has 0 saturated carbocycles. The summed E-state index contributed by atoms with van der Waals surface area (Å²) in [6.45, 7) is 4.15. The Labute approximate surface area is 136 Å². The maximum Gasteiger partial charge on any atom is 0.261 e. The molecule has 1 aromatic heterocycles. The van der Waals surface area contributed by atoms with Gasteiger partial charge in [-0.1, -0.05) is 44.2 Å². The maximum atomic E-state index is 12.6. The molecule has 0 aliphatic carbocycles. The summed E-state index contributed by atoms with van der Waals surface area (Å²) < 4.78 is 27.8. The Hall–Kier alpha value is -2.40. The van der Waals surface area contributed by atoms with Gasteiger partial charge >= 0.3 is 0 Å². The van der Waals surface area contributed by atoms with E-state index in [9.17, 15) is 8.42 Å². The molecule has 2 aromatic carbocycles. The minimum atomic E-state index is -3.64. The predicted octanol–water partition coefficient (Wildman–Crippen LogP) is 4.16. The topological polar surface area (TPSA) is 59.1 Å². The molecule has 1 N–H and O–H groups in total. The van der Waals surface area contributed by atoms with Gasteiger partial charge in [0.15, 0.2) is 0 Å². The molecule has 5 heteroatoms. The van der Waals surface area contributed by atoms with E-state index in [1.54, 1.807) is 24.4 Å². The Kier molecular flexibility index (Phi) is 4.05. The van der Waals surface area contributed by atoms with E-state index in [4.69, 9.17) is 0 Å². The number of anilines is 1. The van der Waals surface area contributed by atoms with Gasteiger partial charge in [0.2, 0.25) is 0 Å². The highest BCUT2D eigenvalue weighted by atomic mass is 32.2. The van der Waals surface area contributed by atoms with Crippen molar-refractivity contribution in [2.45, 2.75) is 24.7 Å². The van der Waals surface area contributed by atoms with Crippen LogP contribution in [-0.4, -0.2) is 13.4 Å². The molecule has 0 atom stereocenters. The van der Waals surface area contributed by atoms with Crippen LogP contribution < -0.4 is 4.72 Å². The number of para-hydroxylation sites is 1. The second-order valence-electron chi connectivity index (χ2n) is 5.71. The number of pyridine rings is 1. The van der Waals surface area contributed by atoms with Crippen molar-refractivity contribution in [1.29, 1.82) is 0 Å². The molecular weight excluding hydrogens is 308 g/mol. The van der Waals surface area contributed by atoms with Crippen LogP contribution in [0.3, 0.4) is 0 Å². The average molecular weight is 326 g/mol. The predicted molar refractivity (Wildman–Crippen MR) is 93.1 cm³/mol. The molecule has 0 amide bonds. The van der Waals surface area contributed by atoms with Crippen molar-refractivity contribution < 1.29 is 8.42 Å². The van der Waals surface area contributed by atoms with Crippen LogP contribution in [-0.2, 0) is 10.0 Å². The maximum absolute atomic E-state index is 12.6. The molecule has 118 valence electrons. The first-order valence-corrected chi connectivity index (χ1v) is 8.92. The van der Waals surface area contributed by atoms with E-state index in [0.717, 1.165) is 10.9 Å². The van der Waals surface area contributed by atoms with Gasteiger partial charge in [-0.3, -0.25) is 9.71 Å². The van der Waals surface area contributed by atoms with E-state index in [-0.39, 0.29) is 4.90 Å². The normalized spacial score (nSPS) is 11.8. The lowest BCUT2D eigenvalue weighted by Crippen LogP contribution is -2.13. The summed E-state index contributed by atoms with van der Waals surface area (Å²) in [5, 5.41) is 0.892. The highest BCUT2D eigenvalue weighted by Crippen LogP contribution is 2.24. The van der Waals surface area contributed by atoms with Gasteiger partial charge in [0.25, 0.3) is 10.0 Å². The van der Waals surface area contributed by atoms with Crippen LogP contribution in [0.2, 0.25) is 0 Å². The summed E-state index contributed by atoms with van der Waals surface area (Å²) in [5.74, 6) is 0.363. The SMILES string of the molecule is CC(C)c1ccc(S(=O)(=O)Nc2cccc3cccnc23)cc1. The summed E-state index contributed by atoms with van der Waals surface area (Å²) in [4.78, 5) is 4.51. The fourth-order valence-corrected chi connectivity index (χ4v) is 3.49. The van der Waals surface area contributed by atoms with Crippen molar-refractivity contribution in [3.05, 3.63) is 66.4 Å². The van der Waals surface area contributed by atoms with E-state index in [2.05, 4.69) is 23.6 Å². The molecule has 0 bridgehead atoms. The Morgan fingerprint density at radius 2 is 1.65 bits per heavy atom. The number of nitrogens with one attached hydrogen (secondary N) is 1. The van der Waals surface area contributed by atoms with Crippen LogP contribution in [0.5, 0.6) is 0 Å². The van der Waals surface area contributed by atoms with Crippen LogP contribution in [0.1, 0.15) is 25.3 Å². The summed E-state index contributed by atoms with van der Waals surface area (Å²) in [6, 6.07) is 16.1. The Bertz CT molecular complexity index is 927. The van der Waals surface area contributed by atoms with Crippen molar-refractivity contribution in [3.8, 4) is 0 Å². The lowest BCUT2D eigenvalue weighted by molar-refractivity contribution is 0.601. The van der Waals surface area contributed by atoms with Gasteiger partial charge in [-0.25, -0.2) is 8.42 Å². The first-order valence-electron chi connectivity index (χ1n) is 7.44. The third kappa shape index (κ3) is 3.19. The molecule has 0 saturated heterocycles. The minimum absolute atomic E-state index is 0.245. The lowest BCUT2D eigenvalue weighted by atomic mass is 10.0. The van der Waals surface area contributed by atoms with Crippen molar-refractivity contribution in [3.63, 3.8) is 0 Å². The second kappa shape index (κ2) is 6.01. The van der Waals surface area contributed by atoms with Crippen LogP contribution >= 0.6 is 0 Å². The van der Waals surface area contributed by atoms with E-state index in [1.807, 2.05) is 36.4 Å². The van der Waals surface area contributed by atoms with Gasteiger partial charge in [0.05, 0.1) is 16.1 Å². The number of nitrogens with zero attached hydrogens (tertiary/aromatic N) is 1. The molecular formula is C18H18N2O2S. The second-order valence-corrected chi connectivity index (χ2v) is 7.39. The zero-order valence-electron chi connectivity index (χ0n) is 13.0. The van der Waals surface area contributed by atoms with E-state index in [1.165, 1.54) is 0 Å². The quantitative estimate of drug-likeness (QED) is 0.783. The lowest BCUT2D eigenvalue weighted by Gasteiger charge is -2.11. The molecule has 0 unspecified atom stereocenters. The van der Waals surface area contributed by atoms with Crippen LogP contribution in [0, 0.1) is 0 Å². The summed E-state index contributed by atoms with van der Waals surface area (Å²) in [7, 11) is -3.64. The van der Waals surface area contributed by atoms with Gasteiger partial charge in [-0.05, 0) is 35.7 Å². The number of sulfonamides is 1. The van der Waals surface area contributed by atoms with Gasteiger partial charge in [0.1, 0.15) is 0 Å². The molecule has 0 spiro atoms. The van der Waals surface area contributed by atoms with Crippen molar-refractivity contribution >= 4 is 26.6 Å². The minimum Gasteiger partial charge on any atom is -0.277 e. The van der Waals surface area contributed by atoms with Crippen molar-refractivity contribution in [2.75, 3.05) is 4.72 Å². The van der Waals surface area contributed by atoms with E-state index >= 15 is 0 Å². The largest absolute Gasteiger partial charge is 0.277 e. The molecule has 1 heterocycles. The number of aromatic nitrogens is 1. The Balaban J connectivity index is 1.97. The standard InChI is InChI=1S/C18H18N2O2S/c1-13(2)14-8-10-16(11-9-14)23(21,22)20-17-7-3-5-15-6-4-12-19-18(15)17/h3-13,20H,1-2H3. The Morgan fingerprint density at radius 3 is 2.35 bits per heavy atom. The van der Waals surface area contributed by atoms with Gasteiger partial charge in [-0.15, -0.1) is 0 Å². The van der Waals surface area contributed by atoms with E-state index in [0.29, 0.717) is 17.1 Å². The third-order valence-corrected chi connectivity index (χ3v) is 5.12. The van der Waals surface area contributed by atoms with Crippen molar-refractivity contribution in [2.24, 2.45) is 0 Å². The molecule has 0 aliphatic heterocycles. The number of hydrogen-bond donors (Lipinski definition) is 1.